The molecule has 18 heavy (non-hydrogen) atoms. The molecule has 0 radical (unpaired) electrons. The van der Waals surface area contributed by atoms with E-state index in [0.717, 1.165) is 0 Å². The Kier molecular flexibility index (Phi) is 3.84. The molecular weight excluding hydrogens is 297 g/mol. The molecule has 1 saturated heterocycles. The zero-order valence-electron chi connectivity index (χ0n) is 9.40. The van der Waals surface area contributed by atoms with Gasteiger partial charge in [0.2, 0.25) is 0 Å². The molecule has 1 aromatic carbocycles. The lowest BCUT2D eigenvalue weighted by atomic mass is 10.2. The van der Waals surface area contributed by atoms with E-state index in [-0.39, 0.29) is 30.5 Å². The summed E-state index contributed by atoms with van der Waals surface area (Å²) in [5, 5.41) is 0.696. The van der Waals surface area contributed by atoms with Gasteiger partial charge in [-0.2, -0.15) is 0 Å². The highest BCUT2D eigenvalue weighted by Crippen LogP contribution is 2.23. The van der Waals surface area contributed by atoms with Crippen molar-refractivity contribution < 1.29 is 13.2 Å². The molecule has 1 fully saturated rings. The quantitative estimate of drug-likeness (QED) is 0.796. The number of amides is 1. The van der Waals surface area contributed by atoms with Gasteiger partial charge >= 0.3 is 0 Å². The van der Waals surface area contributed by atoms with Gasteiger partial charge in [-0.1, -0.05) is 23.2 Å². The molecule has 1 aliphatic heterocycles. The van der Waals surface area contributed by atoms with Gasteiger partial charge in [0.15, 0.2) is 9.84 Å². The summed E-state index contributed by atoms with van der Waals surface area (Å²) in [6.07, 6.45) is 0. The van der Waals surface area contributed by atoms with Crippen LogP contribution in [0.15, 0.2) is 18.2 Å². The molecule has 0 N–H and O–H groups in total. The van der Waals surface area contributed by atoms with Crippen LogP contribution in [0.4, 0.5) is 0 Å². The van der Waals surface area contributed by atoms with Crippen LogP contribution in [0.3, 0.4) is 0 Å². The highest BCUT2D eigenvalue weighted by atomic mass is 35.5. The van der Waals surface area contributed by atoms with Crippen LogP contribution < -0.4 is 0 Å². The fourth-order valence-electron chi connectivity index (χ4n) is 1.73. The van der Waals surface area contributed by atoms with Crippen molar-refractivity contribution in [1.82, 2.24) is 4.90 Å². The summed E-state index contributed by atoms with van der Waals surface area (Å²) >= 11 is 11.6. The van der Waals surface area contributed by atoms with Gasteiger partial charge in [0.25, 0.3) is 5.91 Å². The molecule has 0 unspecified atom stereocenters. The molecule has 0 atom stereocenters. The van der Waals surface area contributed by atoms with Crippen LogP contribution in [0, 0.1) is 0 Å². The molecule has 0 aliphatic carbocycles. The van der Waals surface area contributed by atoms with Crippen LogP contribution in [-0.2, 0) is 9.84 Å². The van der Waals surface area contributed by atoms with Crippen LogP contribution in [0.25, 0.3) is 0 Å². The first-order valence-corrected chi connectivity index (χ1v) is 7.91. The molecule has 0 bridgehead atoms. The van der Waals surface area contributed by atoms with Gasteiger partial charge in [0.05, 0.1) is 21.6 Å². The van der Waals surface area contributed by atoms with Crippen molar-refractivity contribution in [2.45, 2.75) is 0 Å². The molecular formula is C11H11Cl2NO3S. The monoisotopic (exact) mass is 307 g/mol. The lowest BCUT2D eigenvalue weighted by Crippen LogP contribution is -2.43. The Labute approximate surface area is 115 Å². The Morgan fingerprint density at radius 2 is 1.72 bits per heavy atom. The lowest BCUT2D eigenvalue weighted by molar-refractivity contribution is 0.0770. The minimum Gasteiger partial charge on any atom is -0.337 e. The molecule has 7 heteroatoms. The van der Waals surface area contributed by atoms with E-state index < -0.39 is 9.84 Å². The van der Waals surface area contributed by atoms with E-state index >= 15 is 0 Å². The standard InChI is InChI=1S/C11H11Cl2NO3S/c12-9-2-1-8(7-10(9)13)11(15)14-3-5-18(16,17)6-4-14/h1-2,7H,3-6H2. The summed E-state index contributed by atoms with van der Waals surface area (Å²) in [6.45, 7) is 0.447. The summed E-state index contributed by atoms with van der Waals surface area (Å²) in [4.78, 5) is 13.6. The van der Waals surface area contributed by atoms with Gasteiger partial charge in [0.1, 0.15) is 0 Å². The lowest BCUT2D eigenvalue weighted by Gasteiger charge is -2.26. The summed E-state index contributed by atoms with van der Waals surface area (Å²) in [5.74, 6) is -0.191. The van der Waals surface area contributed by atoms with Crippen LogP contribution in [0.5, 0.6) is 0 Å². The van der Waals surface area contributed by atoms with E-state index in [1.165, 1.54) is 11.0 Å². The number of hydrogen-bond acceptors (Lipinski definition) is 3. The fraction of sp³-hybridized carbons (Fsp3) is 0.364. The Morgan fingerprint density at radius 3 is 2.28 bits per heavy atom. The van der Waals surface area contributed by atoms with E-state index in [0.29, 0.717) is 15.6 Å². The Bertz CT molecular complexity index is 572. The molecule has 1 aromatic rings. The predicted molar refractivity (Wildman–Crippen MR) is 71.0 cm³/mol. The van der Waals surface area contributed by atoms with E-state index in [1.54, 1.807) is 12.1 Å². The van der Waals surface area contributed by atoms with Crippen molar-refractivity contribution in [1.29, 1.82) is 0 Å². The van der Waals surface area contributed by atoms with Crippen molar-refractivity contribution in [2.24, 2.45) is 0 Å². The third-order valence-electron chi connectivity index (χ3n) is 2.80. The van der Waals surface area contributed by atoms with E-state index in [4.69, 9.17) is 23.2 Å². The summed E-state index contributed by atoms with van der Waals surface area (Å²) in [7, 11) is -2.99. The van der Waals surface area contributed by atoms with Crippen molar-refractivity contribution in [3.05, 3.63) is 33.8 Å². The molecule has 1 amide bonds. The highest BCUT2D eigenvalue weighted by molar-refractivity contribution is 7.91. The van der Waals surface area contributed by atoms with Gasteiger partial charge in [-0.15, -0.1) is 0 Å². The first kappa shape index (κ1) is 13.6. The van der Waals surface area contributed by atoms with Crippen molar-refractivity contribution in [2.75, 3.05) is 24.6 Å². The van der Waals surface area contributed by atoms with Gasteiger partial charge in [-0.25, -0.2) is 8.42 Å². The summed E-state index contributed by atoms with van der Waals surface area (Å²) in [6, 6.07) is 4.63. The van der Waals surface area contributed by atoms with Gasteiger partial charge in [0, 0.05) is 18.7 Å². The molecule has 1 aliphatic rings. The molecule has 0 aromatic heterocycles. The largest absolute Gasteiger partial charge is 0.337 e. The minimum atomic E-state index is -2.99. The van der Waals surface area contributed by atoms with Crippen molar-refractivity contribution in [3.63, 3.8) is 0 Å². The predicted octanol–water partition coefficient (Wildman–Crippen LogP) is 1.86. The molecule has 2 rings (SSSR count). The number of carbonyl (C=O) groups is 1. The maximum atomic E-state index is 12.1. The second-order valence-corrected chi connectivity index (χ2v) is 7.19. The number of carbonyl (C=O) groups excluding carboxylic acids is 1. The zero-order chi connectivity index (χ0) is 13.3. The number of benzene rings is 1. The normalized spacial score (nSPS) is 18.7. The van der Waals surface area contributed by atoms with Crippen molar-refractivity contribution >= 4 is 38.9 Å². The third kappa shape index (κ3) is 2.96. The molecule has 4 nitrogen and oxygen atoms in total. The topological polar surface area (TPSA) is 54.5 Å². The number of halogens is 2. The maximum absolute atomic E-state index is 12.1. The summed E-state index contributed by atoms with van der Waals surface area (Å²) in [5.41, 5.74) is 0.420. The number of sulfone groups is 1. The van der Waals surface area contributed by atoms with Crippen LogP contribution in [-0.4, -0.2) is 43.8 Å². The highest BCUT2D eigenvalue weighted by Gasteiger charge is 2.25. The van der Waals surface area contributed by atoms with Gasteiger partial charge in [-0.3, -0.25) is 4.79 Å². The average molecular weight is 308 g/mol. The Morgan fingerprint density at radius 1 is 1.11 bits per heavy atom. The third-order valence-corrected chi connectivity index (χ3v) is 5.15. The number of hydrogen-bond donors (Lipinski definition) is 0. The number of nitrogens with zero attached hydrogens (tertiary/aromatic N) is 1. The second kappa shape index (κ2) is 5.07. The first-order valence-electron chi connectivity index (χ1n) is 5.34. The summed E-state index contributed by atoms with van der Waals surface area (Å²) < 4.78 is 22.6. The molecule has 98 valence electrons. The molecule has 1 heterocycles. The SMILES string of the molecule is O=C(c1ccc(Cl)c(Cl)c1)N1CCS(=O)(=O)CC1. The van der Waals surface area contributed by atoms with E-state index in [1.807, 2.05) is 0 Å². The average Bonchev–Trinajstić information content (AvgIpc) is 2.32. The number of rotatable bonds is 1. The van der Waals surface area contributed by atoms with Crippen LogP contribution in [0.2, 0.25) is 10.0 Å². The fourth-order valence-corrected chi connectivity index (χ4v) is 3.23. The molecule has 0 spiro atoms. The van der Waals surface area contributed by atoms with Crippen molar-refractivity contribution in [3.8, 4) is 0 Å². The minimum absolute atomic E-state index is 0.0140. The second-order valence-electron chi connectivity index (χ2n) is 4.07. The van der Waals surface area contributed by atoms with E-state index in [9.17, 15) is 13.2 Å². The first-order chi connectivity index (χ1) is 8.39. The van der Waals surface area contributed by atoms with Gasteiger partial charge in [-0.05, 0) is 18.2 Å². The van der Waals surface area contributed by atoms with E-state index in [2.05, 4.69) is 0 Å². The zero-order valence-corrected chi connectivity index (χ0v) is 11.7. The smallest absolute Gasteiger partial charge is 0.253 e. The molecule has 0 saturated carbocycles. The van der Waals surface area contributed by atoms with Gasteiger partial charge < -0.3 is 4.90 Å². The van der Waals surface area contributed by atoms with Crippen LogP contribution in [0.1, 0.15) is 10.4 Å². The Balaban J connectivity index is 2.15. The maximum Gasteiger partial charge on any atom is 0.253 e. The van der Waals surface area contributed by atoms with Crippen LogP contribution >= 0.6 is 23.2 Å². The Hall–Kier alpha value is -0.780.